The van der Waals surface area contributed by atoms with Crippen molar-refractivity contribution in [3.05, 3.63) is 30.1 Å². The van der Waals surface area contributed by atoms with Gasteiger partial charge in [0.25, 0.3) is 0 Å². The van der Waals surface area contributed by atoms with Crippen LogP contribution in [-0.2, 0) is 15.0 Å². The van der Waals surface area contributed by atoms with Gasteiger partial charge in [-0.3, -0.25) is 4.79 Å². The summed E-state index contributed by atoms with van der Waals surface area (Å²) in [4.78, 5) is 14.6. The van der Waals surface area contributed by atoms with Gasteiger partial charge in [-0.1, -0.05) is 12.1 Å². The van der Waals surface area contributed by atoms with Crippen molar-refractivity contribution in [2.45, 2.75) is 19.3 Å². The Bertz CT molecular complexity index is 734. The highest BCUT2D eigenvalue weighted by molar-refractivity contribution is 7.90. The van der Waals surface area contributed by atoms with Crippen molar-refractivity contribution >= 4 is 21.8 Å². The molecule has 1 aliphatic heterocycles. The van der Waals surface area contributed by atoms with Gasteiger partial charge in [0.15, 0.2) is 0 Å². The van der Waals surface area contributed by atoms with Gasteiger partial charge >= 0.3 is 10.2 Å². The lowest BCUT2D eigenvalue weighted by Crippen LogP contribution is -2.46. The number of rotatable bonds is 8. The molecule has 0 saturated carbocycles. The lowest BCUT2D eigenvalue weighted by atomic mass is 9.94. The SMILES string of the molecule is CN1CCC(CCNC(=O)CN(c2ccccc2F)S(=O)(=O)N(C)C)CC1. The maximum Gasteiger partial charge on any atom is 0.304 e. The normalized spacial score (nSPS) is 16.5. The van der Waals surface area contributed by atoms with Gasteiger partial charge in [-0.15, -0.1) is 0 Å². The van der Waals surface area contributed by atoms with Crippen molar-refractivity contribution < 1.29 is 17.6 Å². The number of nitrogens with zero attached hydrogens (tertiary/aromatic N) is 3. The summed E-state index contributed by atoms with van der Waals surface area (Å²) in [5.41, 5.74) is -0.142. The quantitative estimate of drug-likeness (QED) is 0.714. The van der Waals surface area contributed by atoms with Gasteiger partial charge in [-0.2, -0.15) is 12.7 Å². The maximum absolute atomic E-state index is 14.2. The predicted octanol–water partition coefficient (Wildman–Crippen LogP) is 1.29. The number of anilines is 1. The van der Waals surface area contributed by atoms with E-state index in [1.165, 1.54) is 38.4 Å². The summed E-state index contributed by atoms with van der Waals surface area (Å²) in [7, 11) is 0.794. The largest absolute Gasteiger partial charge is 0.355 e. The molecule has 152 valence electrons. The topological polar surface area (TPSA) is 73.0 Å². The molecule has 2 rings (SSSR count). The molecular formula is C18H29FN4O3S. The summed E-state index contributed by atoms with van der Waals surface area (Å²) >= 11 is 0. The van der Waals surface area contributed by atoms with Crippen LogP contribution in [-0.4, -0.2) is 70.9 Å². The molecule has 0 unspecified atom stereocenters. The fraction of sp³-hybridized carbons (Fsp3) is 0.611. The molecule has 1 aromatic rings. The first kappa shape index (κ1) is 21.6. The summed E-state index contributed by atoms with van der Waals surface area (Å²) < 4.78 is 41.1. The Kier molecular flexibility index (Phi) is 7.58. The molecule has 27 heavy (non-hydrogen) atoms. The average molecular weight is 401 g/mol. The zero-order valence-corrected chi connectivity index (χ0v) is 17.0. The summed E-state index contributed by atoms with van der Waals surface area (Å²) in [6.45, 7) is 2.14. The number of hydrogen-bond donors (Lipinski definition) is 1. The second kappa shape index (κ2) is 9.48. The summed E-state index contributed by atoms with van der Waals surface area (Å²) in [5.74, 6) is -0.576. The van der Waals surface area contributed by atoms with Crippen molar-refractivity contribution in [3.8, 4) is 0 Å². The number of nitrogens with one attached hydrogen (secondary N) is 1. The van der Waals surface area contributed by atoms with Gasteiger partial charge in [0, 0.05) is 20.6 Å². The van der Waals surface area contributed by atoms with Crippen LogP contribution >= 0.6 is 0 Å². The molecule has 0 radical (unpaired) electrons. The van der Waals surface area contributed by atoms with Crippen LogP contribution in [0.3, 0.4) is 0 Å². The summed E-state index contributed by atoms with van der Waals surface area (Å²) in [6.07, 6.45) is 3.06. The maximum atomic E-state index is 14.2. The van der Waals surface area contributed by atoms with E-state index in [-0.39, 0.29) is 5.69 Å². The highest BCUT2D eigenvalue weighted by Gasteiger charge is 2.29. The van der Waals surface area contributed by atoms with Gasteiger partial charge in [-0.25, -0.2) is 8.70 Å². The van der Waals surface area contributed by atoms with E-state index in [4.69, 9.17) is 0 Å². The van der Waals surface area contributed by atoms with Crippen LogP contribution in [0.1, 0.15) is 19.3 Å². The zero-order valence-electron chi connectivity index (χ0n) is 16.2. The Hall–Kier alpha value is -1.71. The highest BCUT2D eigenvalue weighted by Crippen LogP contribution is 2.23. The molecular weight excluding hydrogens is 371 g/mol. The van der Waals surface area contributed by atoms with Crippen LogP contribution in [0, 0.1) is 11.7 Å². The van der Waals surface area contributed by atoms with E-state index in [9.17, 15) is 17.6 Å². The molecule has 7 nitrogen and oxygen atoms in total. The summed E-state index contributed by atoms with van der Waals surface area (Å²) in [5, 5.41) is 2.77. The highest BCUT2D eigenvalue weighted by atomic mass is 32.2. The molecule has 1 fully saturated rings. The van der Waals surface area contributed by atoms with Crippen LogP contribution < -0.4 is 9.62 Å². The van der Waals surface area contributed by atoms with E-state index < -0.39 is 28.5 Å². The Labute approximate surface area is 161 Å². The van der Waals surface area contributed by atoms with E-state index in [1.807, 2.05) is 0 Å². The third-order valence-electron chi connectivity index (χ3n) is 4.86. The Morgan fingerprint density at radius 1 is 1.26 bits per heavy atom. The van der Waals surface area contributed by atoms with E-state index in [0.717, 1.165) is 41.0 Å². The average Bonchev–Trinajstić information content (AvgIpc) is 2.62. The minimum absolute atomic E-state index is 0.142. The number of amides is 1. The van der Waals surface area contributed by atoms with Crippen molar-refractivity contribution in [2.24, 2.45) is 5.92 Å². The molecule has 0 spiro atoms. The Morgan fingerprint density at radius 3 is 2.48 bits per heavy atom. The first-order valence-corrected chi connectivity index (χ1v) is 10.5. The Morgan fingerprint density at radius 2 is 1.89 bits per heavy atom. The number of carbonyl (C=O) groups is 1. The van der Waals surface area contributed by atoms with Gasteiger partial charge in [0.2, 0.25) is 5.91 Å². The van der Waals surface area contributed by atoms with Crippen molar-refractivity contribution in [3.63, 3.8) is 0 Å². The zero-order chi connectivity index (χ0) is 20.0. The number of benzene rings is 1. The number of para-hydroxylation sites is 1. The molecule has 1 aliphatic rings. The van der Waals surface area contributed by atoms with Gasteiger partial charge < -0.3 is 10.2 Å². The van der Waals surface area contributed by atoms with E-state index in [2.05, 4.69) is 17.3 Å². The number of halogens is 1. The first-order chi connectivity index (χ1) is 12.7. The number of hydrogen-bond acceptors (Lipinski definition) is 4. The summed E-state index contributed by atoms with van der Waals surface area (Å²) in [6, 6.07) is 5.53. The fourth-order valence-corrected chi connectivity index (χ4v) is 4.17. The van der Waals surface area contributed by atoms with Crippen molar-refractivity contribution in [2.75, 3.05) is 51.6 Å². The molecule has 1 saturated heterocycles. The van der Waals surface area contributed by atoms with Gasteiger partial charge in [0.1, 0.15) is 12.4 Å². The second-order valence-corrected chi connectivity index (χ2v) is 9.20. The van der Waals surface area contributed by atoms with E-state index >= 15 is 0 Å². The smallest absolute Gasteiger partial charge is 0.304 e. The number of likely N-dealkylation sites (tertiary alicyclic amines) is 1. The minimum atomic E-state index is -4.00. The monoisotopic (exact) mass is 400 g/mol. The van der Waals surface area contributed by atoms with E-state index in [0.29, 0.717) is 12.5 Å². The molecule has 1 amide bonds. The molecule has 0 atom stereocenters. The molecule has 0 bridgehead atoms. The third-order valence-corrected chi connectivity index (χ3v) is 6.67. The third kappa shape index (κ3) is 5.88. The standard InChI is InChI=1S/C18H29FN4O3S/c1-21(2)27(25,26)23(17-7-5-4-6-16(17)19)14-18(24)20-11-8-15-9-12-22(3)13-10-15/h4-7,15H,8-14H2,1-3H3,(H,20,24). The van der Waals surface area contributed by atoms with Crippen LogP contribution in [0.25, 0.3) is 0 Å². The van der Waals surface area contributed by atoms with Crippen LogP contribution in [0.4, 0.5) is 10.1 Å². The molecule has 1 heterocycles. The lowest BCUT2D eigenvalue weighted by molar-refractivity contribution is -0.119. The van der Waals surface area contributed by atoms with Crippen LogP contribution in [0.15, 0.2) is 24.3 Å². The molecule has 1 N–H and O–H groups in total. The van der Waals surface area contributed by atoms with E-state index in [1.54, 1.807) is 0 Å². The van der Waals surface area contributed by atoms with Crippen LogP contribution in [0.5, 0.6) is 0 Å². The lowest BCUT2D eigenvalue weighted by Gasteiger charge is -2.29. The van der Waals surface area contributed by atoms with Crippen LogP contribution in [0.2, 0.25) is 0 Å². The molecule has 1 aromatic carbocycles. The molecule has 0 aromatic heterocycles. The molecule has 9 heteroatoms. The second-order valence-electron chi connectivity index (χ2n) is 7.13. The Balaban J connectivity index is 1.98. The van der Waals surface area contributed by atoms with Crippen molar-refractivity contribution in [1.82, 2.24) is 14.5 Å². The first-order valence-electron chi connectivity index (χ1n) is 9.11. The molecule has 0 aliphatic carbocycles. The van der Waals surface area contributed by atoms with Gasteiger partial charge in [-0.05, 0) is 57.5 Å². The number of piperidine rings is 1. The van der Waals surface area contributed by atoms with Crippen molar-refractivity contribution in [1.29, 1.82) is 0 Å². The number of carbonyl (C=O) groups excluding carboxylic acids is 1. The fourth-order valence-electron chi connectivity index (χ4n) is 3.09. The predicted molar refractivity (Wildman–Crippen MR) is 104 cm³/mol. The van der Waals surface area contributed by atoms with Gasteiger partial charge in [0.05, 0.1) is 5.69 Å². The minimum Gasteiger partial charge on any atom is -0.355 e.